The molecular weight excluding hydrogens is 434 g/mol. The van der Waals surface area contributed by atoms with E-state index in [4.69, 9.17) is 4.74 Å². The van der Waals surface area contributed by atoms with Gasteiger partial charge in [0.1, 0.15) is 0 Å². The molecular formula is C30H35N3O2. The van der Waals surface area contributed by atoms with E-state index in [1.165, 1.54) is 27.9 Å². The van der Waals surface area contributed by atoms with Gasteiger partial charge < -0.3 is 14.5 Å². The van der Waals surface area contributed by atoms with Crippen LogP contribution in [-0.2, 0) is 22.5 Å². The van der Waals surface area contributed by atoms with E-state index in [-0.39, 0.29) is 5.91 Å². The quantitative estimate of drug-likeness (QED) is 0.456. The Labute approximate surface area is 208 Å². The molecule has 2 aliphatic rings. The van der Waals surface area contributed by atoms with Crippen molar-refractivity contribution in [3.63, 3.8) is 0 Å². The van der Waals surface area contributed by atoms with Gasteiger partial charge in [-0.3, -0.25) is 9.69 Å². The van der Waals surface area contributed by atoms with E-state index in [0.717, 1.165) is 52.2 Å². The second kappa shape index (κ2) is 11.5. The van der Waals surface area contributed by atoms with Crippen molar-refractivity contribution in [1.82, 2.24) is 9.80 Å². The number of para-hydroxylation sites is 1. The first-order chi connectivity index (χ1) is 17.3. The van der Waals surface area contributed by atoms with Gasteiger partial charge in [-0.2, -0.15) is 0 Å². The fraction of sp³-hybridized carbons (Fsp3) is 0.367. The molecule has 1 amide bonds. The second-order valence-corrected chi connectivity index (χ2v) is 9.41. The van der Waals surface area contributed by atoms with Crippen molar-refractivity contribution < 1.29 is 9.53 Å². The predicted octanol–water partition coefficient (Wildman–Crippen LogP) is 4.47. The van der Waals surface area contributed by atoms with Crippen molar-refractivity contribution in [3.05, 3.63) is 90.0 Å². The topological polar surface area (TPSA) is 36.0 Å². The number of carbonyl (C=O) groups excluding carboxylic acids is 1. The molecule has 5 rings (SSSR count). The molecule has 0 saturated carbocycles. The van der Waals surface area contributed by atoms with Crippen LogP contribution in [0.4, 0.5) is 5.69 Å². The molecule has 35 heavy (non-hydrogen) atoms. The Bertz CT molecular complexity index is 1110. The summed E-state index contributed by atoms with van der Waals surface area (Å²) < 4.78 is 5.85. The molecule has 1 fully saturated rings. The summed E-state index contributed by atoms with van der Waals surface area (Å²) in [5.74, 6) is 0.199. The highest BCUT2D eigenvalue weighted by Crippen LogP contribution is 2.31. The Kier molecular flexibility index (Phi) is 7.76. The molecule has 2 aliphatic heterocycles. The second-order valence-electron chi connectivity index (χ2n) is 9.41. The molecule has 0 atom stereocenters. The number of fused-ring (bicyclic) bond motifs is 1. The lowest BCUT2D eigenvalue weighted by molar-refractivity contribution is -0.133. The SMILES string of the molecule is O=C(CCOCCN1CCN(c2ccccc2-c2ccccc2)CC1)N1CCc2ccccc2C1. The molecule has 3 aromatic rings. The monoisotopic (exact) mass is 469 g/mol. The van der Waals surface area contributed by atoms with E-state index in [0.29, 0.717) is 19.6 Å². The number of rotatable bonds is 8. The van der Waals surface area contributed by atoms with Crippen LogP contribution in [0.1, 0.15) is 17.5 Å². The number of benzene rings is 3. The summed E-state index contributed by atoms with van der Waals surface area (Å²) in [4.78, 5) is 19.5. The largest absolute Gasteiger partial charge is 0.380 e. The number of nitrogens with zero attached hydrogens (tertiary/aromatic N) is 3. The first-order valence-corrected chi connectivity index (χ1v) is 12.8. The average Bonchev–Trinajstić information content (AvgIpc) is 2.93. The van der Waals surface area contributed by atoms with E-state index in [1.54, 1.807) is 0 Å². The lowest BCUT2D eigenvalue weighted by atomic mass is 10.00. The van der Waals surface area contributed by atoms with E-state index in [1.807, 2.05) is 4.90 Å². The smallest absolute Gasteiger partial charge is 0.225 e. The number of anilines is 1. The molecule has 1 saturated heterocycles. The van der Waals surface area contributed by atoms with E-state index in [2.05, 4.69) is 88.7 Å². The fourth-order valence-electron chi connectivity index (χ4n) is 5.15. The van der Waals surface area contributed by atoms with Gasteiger partial charge in [-0.15, -0.1) is 0 Å². The molecule has 5 heteroatoms. The highest BCUT2D eigenvalue weighted by molar-refractivity contribution is 5.78. The third-order valence-electron chi connectivity index (χ3n) is 7.20. The van der Waals surface area contributed by atoms with Gasteiger partial charge in [-0.25, -0.2) is 0 Å². The third kappa shape index (κ3) is 5.92. The first kappa shape index (κ1) is 23.6. The standard InChI is InChI=1S/C30H35N3O2/c34-30(33-16-14-25-8-4-5-11-27(25)24-33)15-22-35-23-21-31-17-19-32(20-18-31)29-13-7-6-12-28(29)26-9-2-1-3-10-26/h1-13H,14-24H2. The van der Waals surface area contributed by atoms with Crippen LogP contribution in [0.25, 0.3) is 11.1 Å². The molecule has 0 unspecified atom stereocenters. The van der Waals surface area contributed by atoms with Crippen LogP contribution in [-0.4, -0.2) is 68.2 Å². The van der Waals surface area contributed by atoms with E-state index >= 15 is 0 Å². The van der Waals surface area contributed by atoms with Gasteiger partial charge in [0.25, 0.3) is 0 Å². The number of amides is 1. The van der Waals surface area contributed by atoms with Gasteiger partial charge in [0.05, 0.1) is 19.6 Å². The molecule has 2 heterocycles. The zero-order valence-corrected chi connectivity index (χ0v) is 20.4. The zero-order chi connectivity index (χ0) is 23.9. The number of hydrogen-bond donors (Lipinski definition) is 0. The minimum Gasteiger partial charge on any atom is -0.380 e. The maximum absolute atomic E-state index is 12.6. The first-order valence-electron chi connectivity index (χ1n) is 12.8. The highest BCUT2D eigenvalue weighted by Gasteiger charge is 2.21. The van der Waals surface area contributed by atoms with Gasteiger partial charge in [0.2, 0.25) is 5.91 Å². The average molecular weight is 470 g/mol. The van der Waals surface area contributed by atoms with Crippen LogP contribution in [0.5, 0.6) is 0 Å². The number of carbonyl (C=O) groups is 1. The molecule has 0 spiro atoms. The van der Waals surface area contributed by atoms with Crippen LogP contribution in [0.3, 0.4) is 0 Å². The highest BCUT2D eigenvalue weighted by atomic mass is 16.5. The maximum Gasteiger partial charge on any atom is 0.225 e. The van der Waals surface area contributed by atoms with Gasteiger partial charge in [-0.05, 0) is 29.2 Å². The number of hydrogen-bond acceptors (Lipinski definition) is 4. The van der Waals surface area contributed by atoms with E-state index < -0.39 is 0 Å². The summed E-state index contributed by atoms with van der Waals surface area (Å²) >= 11 is 0. The summed E-state index contributed by atoms with van der Waals surface area (Å²) in [6, 6.07) is 27.8. The van der Waals surface area contributed by atoms with Crippen molar-refractivity contribution in [2.75, 3.05) is 57.4 Å². The van der Waals surface area contributed by atoms with Crippen molar-refractivity contribution in [1.29, 1.82) is 0 Å². The molecule has 0 aliphatic carbocycles. The fourth-order valence-corrected chi connectivity index (χ4v) is 5.15. The van der Waals surface area contributed by atoms with Crippen LogP contribution in [0.2, 0.25) is 0 Å². The van der Waals surface area contributed by atoms with Crippen molar-refractivity contribution >= 4 is 11.6 Å². The maximum atomic E-state index is 12.6. The lowest BCUT2D eigenvalue weighted by Crippen LogP contribution is -2.47. The molecule has 3 aromatic carbocycles. The minimum atomic E-state index is 0.199. The molecule has 0 bridgehead atoms. The predicted molar refractivity (Wildman–Crippen MR) is 142 cm³/mol. The summed E-state index contributed by atoms with van der Waals surface area (Å²) in [5.41, 5.74) is 6.53. The van der Waals surface area contributed by atoms with Crippen LogP contribution in [0.15, 0.2) is 78.9 Å². The molecule has 0 radical (unpaired) electrons. The van der Waals surface area contributed by atoms with Crippen LogP contribution >= 0.6 is 0 Å². The molecule has 5 nitrogen and oxygen atoms in total. The Morgan fingerprint density at radius 1 is 0.743 bits per heavy atom. The Balaban J connectivity index is 1.02. The number of ether oxygens (including phenoxy) is 1. The van der Waals surface area contributed by atoms with Gasteiger partial charge in [0.15, 0.2) is 0 Å². The summed E-state index contributed by atoms with van der Waals surface area (Å²) in [6.45, 7) is 7.71. The van der Waals surface area contributed by atoms with Gasteiger partial charge in [0, 0.05) is 57.1 Å². The Morgan fingerprint density at radius 3 is 2.29 bits per heavy atom. The van der Waals surface area contributed by atoms with Gasteiger partial charge >= 0.3 is 0 Å². The van der Waals surface area contributed by atoms with Crippen LogP contribution < -0.4 is 4.90 Å². The van der Waals surface area contributed by atoms with Crippen LogP contribution in [0, 0.1) is 0 Å². The lowest BCUT2D eigenvalue weighted by Gasteiger charge is -2.37. The molecule has 0 N–H and O–H groups in total. The van der Waals surface area contributed by atoms with Gasteiger partial charge in [-0.1, -0.05) is 72.8 Å². The van der Waals surface area contributed by atoms with E-state index in [9.17, 15) is 4.79 Å². The summed E-state index contributed by atoms with van der Waals surface area (Å²) in [6.07, 6.45) is 1.41. The number of piperazine rings is 1. The Hall–Kier alpha value is -3.15. The van der Waals surface area contributed by atoms with Crippen molar-refractivity contribution in [2.24, 2.45) is 0 Å². The summed E-state index contributed by atoms with van der Waals surface area (Å²) in [5, 5.41) is 0. The molecule has 182 valence electrons. The van der Waals surface area contributed by atoms with Crippen molar-refractivity contribution in [3.8, 4) is 11.1 Å². The Morgan fingerprint density at radius 2 is 1.46 bits per heavy atom. The van der Waals surface area contributed by atoms with Crippen molar-refractivity contribution in [2.45, 2.75) is 19.4 Å². The minimum absolute atomic E-state index is 0.199. The summed E-state index contributed by atoms with van der Waals surface area (Å²) in [7, 11) is 0. The normalized spacial score (nSPS) is 16.2. The third-order valence-corrected chi connectivity index (χ3v) is 7.20. The zero-order valence-electron chi connectivity index (χ0n) is 20.4. The molecule has 0 aromatic heterocycles.